The molecule has 2 aromatic heterocycles. The third-order valence-electron chi connectivity index (χ3n) is 2.41. The number of rotatable bonds is 4. The second-order valence-corrected chi connectivity index (χ2v) is 5.45. The summed E-state index contributed by atoms with van der Waals surface area (Å²) in [4.78, 5) is 9.89. The van der Waals surface area contributed by atoms with Crippen LogP contribution in [-0.4, -0.2) is 16.5 Å². The van der Waals surface area contributed by atoms with Crippen molar-refractivity contribution in [1.82, 2.24) is 15.3 Å². The number of hydrogen-bond donors (Lipinski definition) is 1. The van der Waals surface area contributed by atoms with Crippen molar-refractivity contribution in [2.75, 3.05) is 6.54 Å². The normalized spacial score (nSPS) is 12.6. The van der Waals surface area contributed by atoms with Gasteiger partial charge in [0.05, 0.1) is 11.7 Å². The molecule has 2 heterocycles. The van der Waals surface area contributed by atoms with E-state index in [0.717, 1.165) is 22.5 Å². The Labute approximate surface area is 113 Å². The second kappa shape index (κ2) is 5.71. The zero-order valence-corrected chi connectivity index (χ0v) is 12.2. The number of thiophene rings is 1. The van der Waals surface area contributed by atoms with Crippen LogP contribution in [0.5, 0.6) is 0 Å². The van der Waals surface area contributed by atoms with E-state index in [1.165, 1.54) is 4.88 Å². The van der Waals surface area contributed by atoms with Crippen molar-refractivity contribution >= 4 is 27.3 Å². The van der Waals surface area contributed by atoms with Gasteiger partial charge < -0.3 is 5.32 Å². The number of nitrogens with one attached hydrogen (secondary N) is 1. The highest BCUT2D eigenvalue weighted by Crippen LogP contribution is 2.32. The van der Waals surface area contributed by atoms with Crippen LogP contribution in [-0.2, 0) is 0 Å². The first-order valence-corrected chi connectivity index (χ1v) is 7.15. The number of aromatic nitrogens is 2. The molecule has 0 aliphatic rings. The minimum absolute atomic E-state index is 0.135. The van der Waals surface area contributed by atoms with Crippen LogP contribution < -0.4 is 5.32 Å². The van der Waals surface area contributed by atoms with Gasteiger partial charge in [0.15, 0.2) is 0 Å². The molecule has 0 spiro atoms. The maximum atomic E-state index is 4.50. The van der Waals surface area contributed by atoms with Crippen molar-refractivity contribution in [3.63, 3.8) is 0 Å². The van der Waals surface area contributed by atoms with E-state index < -0.39 is 0 Å². The largest absolute Gasteiger partial charge is 0.305 e. The first kappa shape index (κ1) is 12.7. The molecule has 0 bridgehead atoms. The highest BCUT2D eigenvalue weighted by molar-refractivity contribution is 9.10. The van der Waals surface area contributed by atoms with E-state index in [9.17, 15) is 0 Å². The van der Waals surface area contributed by atoms with Gasteiger partial charge in [-0.25, -0.2) is 9.97 Å². The topological polar surface area (TPSA) is 37.8 Å². The van der Waals surface area contributed by atoms with Crippen LogP contribution in [0.2, 0.25) is 0 Å². The lowest BCUT2D eigenvalue weighted by molar-refractivity contribution is 0.618. The molecule has 1 N–H and O–H groups in total. The molecular weight excluding hydrogens is 298 g/mol. The predicted octanol–water partition coefficient (Wildman–Crippen LogP) is 3.31. The minimum Gasteiger partial charge on any atom is -0.305 e. The Balaban J connectivity index is 2.39. The summed E-state index contributed by atoms with van der Waals surface area (Å²) in [5, 5.41) is 5.54. The third-order valence-corrected chi connectivity index (χ3v) is 4.34. The molecule has 0 aliphatic heterocycles. The lowest BCUT2D eigenvalue weighted by Gasteiger charge is -2.16. The predicted molar refractivity (Wildman–Crippen MR) is 74.3 cm³/mol. The zero-order valence-electron chi connectivity index (χ0n) is 9.77. The molecule has 0 aromatic carbocycles. The first-order chi connectivity index (χ1) is 8.22. The van der Waals surface area contributed by atoms with Gasteiger partial charge in [-0.2, -0.15) is 0 Å². The van der Waals surface area contributed by atoms with Crippen LogP contribution in [0.25, 0.3) is 0 Å². The van der Waals surface area contributed by atoms with Crippen molar-refractivity contribution in [3.8, 4) is 0 Å². The maximum absolute atomic E-state index is 4.50. The summed E-state index contributed by atoms with van der Waals surface area (Å²) in [6, 6.07) is 4.17. The van der Waals surface area contributed by atoms with Crippen molar-refractivity contribution in [2.45, 2.75) is 19.9 Å². The van der Waals surface area contributed by atoms with E-state index in [-0.39, 0.29) is 6.04 Å². The average molecular weight is 312 g/mol. The van der Waals surface area contributed by atoms with Crippen molar-refractivity contribution < 1.29 is 0 Å². The molecule has 17 heavy (non-hydrogen) atoms. The van der Waals surface area contributed by atoms with Crippen molar-refractivity contribution in [2.24, 2.45) is 0 Å². The molecule has 0 radical (unpaired) electrons. The van der Waals surface area contributed by atoms with E-state index in [2.05, 4.69) is 49.6 Å². The average Bonchev–Trinajstić information content (AvgIpc) is 2.72. The Kier molecular flexibility index (Phi) is 4.25. The van der Waals surface area contributed by atoms with Gasteiger partial charge in [0, 0.05) is 15.5 Å². The van der Waals surface area contributed by atoms with Gasteiger partial charge >= 0.3 is 0 Å². The summed E-state index contributed by atoms with van der Waals surface area (Å²) in [6.45, 7) is 4.91. The Morgan fingerprint density at radius 3 is 2.88 bits per heavy atom. The summed E-state index contributed by atoms with van der Waals surface area (Å²) in [5.41, 5.74) is 1.02. The van der Waals surface area contributed by atoms with Crippen LogP contribution in [0.1, 0.15) is 29.4 Å². The molecule has 0 amide bonds. The third kappa shape index (κ3) is 2.91. The van der Waals surface area contributed by atoms with Crippen molar-refractivity contribution in [3.05, 3.63) is 44.6 Å². The smallest absolute Gasteiger partial charge is 0.125 e. The molecular formula is C12H14BrN3S. The molecule has 90 valence electrons. The van der Waals surface area contributed by atoms with Crippen LogP contribution in [0.4, 0.5) is 0 Å². The Morgan fingerprint density at radius 2 is 2.29 bits per heavy atom. The Hall–Kier alpha value is -0.780. The lowest BCUT2D eigenvalue weighted by Crippen LogP contribution is -2.22. The lowest BCUT2D eigenvalue weighted by atomic mass is 10.1. The summed E-state index contributed by atoms with van der Waals surface area (Å²) < 4.78 is 1.13. The van der Waals surface area contributed by atoms with Crippen LogP contribution in [0, 0.1) is 6.92 Å². The van der Waals surface area contributed by atoms with E-state index in [1.807, 2.05) is 19.2 Å². The van der Waals surface area contributed by atoms with E-state index >= 15 is 0 Å². The molecule has 5 heteroatoms. The highest BCUT2D eigenvalue weighted by Gasteiger charge is 2.18. The van der Waals surface area contributed by atoms with Gasteiger partial charge in [0.25, 0.3) is 0 Å². The standard InChI is InChI=1S/C12H14BrN3S/c1-3-14-11(12-9(13)5-7-17-12)10-4-6-15-8(2)16-10/h4-7,11,14H,3H2,1-2H3. The zero-order chi connectivity index (χ0) is 12.3. The minimum atomic E-state index is 0.135. The van der Waals surface area contributed by atoms with Gasteiger partial charge in [-0.05, 0) is 46.9 Å². The molecule has 0 saturated carbocycles. The highest BCUT2D eigenvalue weighted by atomic mass is 79.9. The fourth-order valence-corrected chi connectivity index (χ4v) is 3.37. The number of nitrogens with zero attached hydrogens (tertiary/aromatic N) is 2. The molecule has 1 unspecified atom stereocenters. The van der Waals surface area contributed by atoms with E-state index in [0.29, 0.717) is 0 Å². The monoisotopic (exact) mass is 311 g/mol. The first-order valence-electron chi connectivity index (χ1n) is 5.48. The molecule has 0 fully saturated rings. The quantitative estimate of drug-likeness (QED) is 0.941. The Bertz CT molecular complexity index is 498. The summed E-state index contributed by atoms with van der Waals surface area (Å²) in [5.74, 6) is 0.804. The van der Waals surface area contributed by atoms with Gasteiger partial charge in [-0.1, -0.05) is 6.92 Å². The maximum Gasteiger partial charge on any atom is 0.125 e. The number of halogens is 1. The van der Waals surface area contributed by atoms with Gasteiger partial charge in [0.1, 0.15) is 5.82 Å². The number of hydrogen-bond acceptors (Lipinski definition) is 4. The molecule has 0 saturated heterocycles. The molecule has 1 atom stereocenters. The van der Waals surface area contributed by atoms with Crippen LogP contribution in [0.3, 0.4) is 0 Å². The van der Waals surface area contributed by atoms with Gasteiger partial charge in [-0.3, -0.25) is 0 Å². The summed E-state index contributed by atoms with van der Waals surface area (Å²) in [7, 11) is 0. The fourth-order valence-electron chi connectivity index (χ4n) is 1.68. The Morgan fingerprint density at radius 1 is 1.47 bits per heavy atom. The van der Waals surface area contributed by atoms with Crippen LogP contribution >= 0.6 is 27.3 Å². The fraction of sp³-hybridized carbons (Fsp3) is 0.333. The van der Waals surface area contributed by atoms with Crippen LogP contribution in [0.15, 0.2) is 28.2 Å². The van der Waals surface area contributed by atoms with Crippen molar-refractivity contribution in [1.29, 1.82) is 0 Å². The molecule has 2 rings (SSSR count). The molecule has 3 nitrogen and oxygen atoms in total. The van der Waals surface area contributed by atoms with E-state index in [4.69, 9.17) is 0 Å². The van der Waals surface area contributed by atoms with Gasteiger partial charge in [-0.15, -0.1) is 11.3 Å². The SMILES string of the molecule is CCNC(c1ccnc(C)n1)c1sccc1Br. The summed E-state index contributed by atoms with van der Waals surface area (Å²) >= 11 is 5.31. The van der Waals surface area contributed by atoms with Gasteiger partial charge in [0.2, 0.25) is 0 Å². The van der Waals surface area contributed by atoms with E-state index in [1.54, 1.807) is 11.3 Å². The molecule has 2 aromatic rings. The summed E-state index contributed by atoms with van der Waals surface area (Å²) in [6.07, 6.45) is 1.81. The molecule has 0 aliphatic carbocycles. The second-order valence-electron chi connectivity index (χ2n) is 3.65. The number of aryl methyl sites for hydroxylation is 1.